The number of rotatable bonds is 3. The van der Waals surface area contributed by atoms with Gasteiger partial charge in [-0.1, -0.05) is 12.1 Å². The molecule has 0 unspecified atom stereocenters. The Morgan fingerprint density at radius 1 is 1.35 bits per heavy atom. The zero-order valence-corrected chi connectivity index (χ0v) is 9.94. The van der Waals surface area contributed by atoms with Gasteiger partial charge in [-0.25, -0.2) is 9.37 Å². The van der Waals surface area contributed by atoms with Crippen LogP contribution in [0.2, 0.25) is 0 Å². The molecule has 2 rings (SSSR count). The molecule has 1 N–H and O–H groups in total. The number of aliphatic hydroxyl groups is 1. The normalized spacial score (nSPS) is 10.8. The molecule has 0 aliphatic carbocycles. The molecule has 4 heteroatoms. The van der Waals surface area contributed by atoms with Crippen LogP contribution >= 0.6 is 0 Å². The highest BCUT2D eigenvalue weighted by Crippen LogP contribution is 2.25. The fraction of sp³-hybridized carbons (Fsp3) is 0.308. The average molecular weight is 234 g/mol. The van der Waals surface area contributed by atoms with E-state index in [2.05, 4.69) is 4.98 Å². The molecule has 0 radical (unpaired) electrons. The van der Waals surface area contributed by atoms with Crippen LogP contribution < -0.4 is 0 Å². The first-order chi connectivity index (χ1) is 8.15. The van der Waals surface area contributed by atoms with Gasteiger partial charge in [0.15, 0.2) is 0 Å². The number of benzene rings is 1. The van der Waals surface area contributed by atoms with Gasteiger partial charge in [0.2, 0.25) is 0 Å². The quantitative estimate of drug-likeness (QED) is 0.882. The van der Waals surface area contributed by atoms with Crippen molar-refractivity contribution in [2.75, 3.05) is 6.61 Å². The molecule has 0 amide bonds. The highest BCUT2D eigenvalue weighted by molar-refractivity contribution is 5.62. The first kappa shape index (κ1) is 11.8. The van der Waals surface area contributed by atoms with Gasteiger partial charge >= 0.3 is 0 Å². The van der Waals surface area contributed by atoms with Crippen molar-refractivity contribution >= 4 is 0 Å². The summed E-state index contributed by atoms with van der Waals surface area (Å²) in [6, 6.07) is 6.59. The van der Waals surface area contributed by atoms with Crippen molar-refractivity contribution < 1.29 is 9.50 Å². The smallest absolute Gasteiger partial charge is 0.132 e. The second kappa shape index (κ2) is 4.67. The number of aromatic nitrogens is 2. The summed E-state index contributed by atoms with van der Waals surface area (Å²) in [6.45, 7) is 1.94. The van der Waals surface area contributed by atoms with Gasteiger partial charge in [0.05, 0.1) is 12.3 Å². The Morgan fingerprint density at radius 3 is 2.71 bits per heavy atom. The third-order valence-corrected chi connectivity index (χ3v) is 2.94. The van der Waals surface area contributed by atoms with Crippen LogP contribution in [0.1, 0.15) is 11.5 Å². The molecule has 2 aromatic rings. The maximum Gasteiger partial charge on any atom is 0.132 e. The van der Waals surface area contributed by atoms with Crippen molar-refractivity contribution in [2.24, 2.45) is 7.05 Å². The van der Waals surface area contributed by atoms with Crippen molar-refractivity contribution in [1.29, 1.82) is 0 Å². The standard InChI is InChI=1S/C13H15FN2O/c1-9-13(10-5-3-4-6-11(10)14)15-12(7-8-17)16(9)2/h3-6,17H,7-8H2,1-2H3. The lowest BCUT2D eigenvalue weighted by molar-refractivity contribution is 0.295. The number of nitrogens with zero attached hydrogens (tertiary/aromatic N) is 2. The number of imidazole rings is 1. The van der Waals surface area contributed by atoms with E-state index < -0.39 is 0 Å². The van der Waals surface area contributed by atoms with Gasteiger partial charge in [-0.15, -0.1) is 0 Å². The molecule has 0 fully saturated rings. The topological polar surface area (TPSA) is 38.1 Å². The summed E-state index contributed by atoms with van der Waals surface area (Å²) in [6.07, 6.45) is 0.478. The van der Waals surface area contributed by atoms with E-state index in [9.17, 15) is 4.39 Å². The zero-order chi connectivity index (χ0) is 12.4. The Balaban J connectivity index is 2.53. The minimum Gasteiger partial charge on any atom is -0.396 e. The number of halogens is 1. The van der Waals surface area contributed by atoms with E-state index >= 15 is 0 Å². The van der Waals surface area contributed by atoms with Crippen molar-refractivity contribution in [3.8, 4) is 11.3 Å². The molecule has 3 nitrogen and oxygen atoms in total. The highest BCUT2D eigenvalue weighted by Gasteiger charge is 2.14. The van der Waals surface area contributed by atoms with Gasteiger partial charge in [-0.3, -0.25) is 0 Å². The Hall–Kier alpha value is -1.68. The van der Waals surface area contributed by atoms with Gasteiger partial charge in [0, 0.05) is 24.7 Å². The Labute approximate surface area is 99.5 Å². The minimum atomic E-state index is -0.274. The number of aliphatic hydroxyl groups excluding tert-OH is 1. The van der Waals surface area contributed by atoms with E-state index in [-0.39, 0.29) is 12.4 Å². The first-order valence-electron chi connectivity index (χ1n) is 5.53. The predicted molar refractivity (Wildman–Crippen MR) is 64.1 cm³/mol. The molecule has 0 aliphatic heterocycles. The van der Waals surface area contributed by atoms with E-state index in [0.29, 0.717) is 17.7 Å². The van der Waals surface area contributed by atoms with Crippen LogP contribution in [0.25, 0.3) is 11.3 Å². The van der Waals surface area contributed by atoms with Gasteiger partial charge in [-0.2, -0.15) is 0 Å². The number of hydrogen-bond acceptors (Lipinski definition) is 2. The SMILES string of the molecule is Cc1c(-c2ccccc2F)nc(CCO)n1C. The molecule has 1 heterocycles. The van der Waals surface area contributed by atoms with Crippen molar-refractivity contribution in [3.63, 3.8) is 0 Å². The lowest BCUT2D eigenvalue weighted by Gasteiger charge is -2.02. The second-order valence-electron chi connectivity index (χ2n) is 3.97. The maximum atomic E-state index is 13.7. The monoisotopic (exact) mass is 234 g/mol. The zero-order valence-electron chi connectivity index (χ0n) is 9.94. The highest BCUT2D eigenvalue weighted by atomic mass is 19.1. The third-order valence-electron chi connectivity index (χ3n) is 2.94. The summed E-state index contributed by atoms with van der Waals surface area (Å²) in [7, 11) is 1.87. The third kappa shape index (κ3) is 2.08. The summed E-state index contributed by atoms with van der Waals surface area (Å²) in [5, 5.41) is 8.94. The molecular formula is C13H15FN2O. The summed E-state index contributed by atoms with van der Waals surface area (Å²) < 4.78 is 15.6. The van der Waals surface area contributed by atoms with Crippen LogP contribution in [0.15, 0.2) is 24.3 Å². The molecule has 1 aromatic carbocycles. The van der Waals surface area contributed by atoms with Crippen molar-refractivity contribution in [3.05, 3.63) is 41.6 Å². The van der Waals surface area contributed by atoms with Crippen molar-refractivity contribution in [2.45, 2.75) is 13.3 Å². The van der Waals surface area contributed by atoms with Gasteiger partial charge in [-0.05, 0) is 19.1 Å². The van der Waals surface area contributed by atoms with Crippen LogP contribution in [0.3, 0.4) is 0 Å². The van der Waals surface area contributed by atoms with E-state index in [1.165, 1.54) is 6.07 Å². The molecule has 90 valence electrons. The van der Waals surface area contributed by atoms with Gasteiger partial charge in [0.25, 0.3) is 0 Å². The fourth-order valence-corrected chi connectivity index (χ4v) is 1.87. The van der Waals surface area contributed by atoms with Gasteiger partial charge in [0.1, 0.15) is 11.6 Å². The minimum absolute atomic E-state index is 0.0427. The molecule has 0 saturated carbocycles. The van der Waals surface area contributed by atoms with E-state index in [0.717, 1.165) is 11.5 Å². The fourth-order valence-electron chi connectivity index (χ4n) is 1.87. The number of hydrogen-bond donors (Lipinski definition) is 1. The summed E-state index contributed by atoms with van der Waals surface area (Å²) in [4.78, 5) is 4.39. The van der Waals surface area contributed by atoms with Crippen molar-refractivity contribution in [1.82, 2.24) is 9.55 Å². The molecule has 1 aromatic heterocycles. The largest absolute Gasteiger partial charge is 0.396 e. The Kier molecular flexibility index (Phi) is 3.24. The molecule has 0 spiro atoms. The lowest BCUT2D eigenvalue weighted by atomic mass is 10.1. The molecule has 17 heavy (non-hydrogen) atoms. The van der Waals surface area contributed by atoms with Crippen LogP contribution in [-0.4, -0.2) is 21.3 Å². The molecule has 0 atom stereocenters. The Morgan fingerprint density at radius 2 is 2.06 bits per heavy atom. The first-order valence-corrected chi connectivity index (χ1v) is 5.53. The van der Waals surface area contributed by atoms with E-state index in [1.807, 2.05) is 18.5 Å². The van der Waals surface area contributed by atoms with Gasteiger partial charge < -0.3 is 9.67 Å². The van der Waals surface area contributed by atoms with Crippen LogP contribution in [0.5, 0.6) is 0 Å². The summed E-state index contributed by atoms with van der Waals surface area (Å²) in [5.41, 5.74) is 2.05. The second-order valence-corrected chi connectivity index (χ2v) is 3.97. The van der Waals surface area contributed by atoms with Crippen LogP contribution in [0, 0.1) is 12.7 Å². The molecule has 0 bridgehead atoms. The summed E-state index contributed by atoms with van der Waals surface area (Å²) >= 11 is 0. The average Bonchev–Trinajstić information content (AvgIpc) is 2.59. The lowest BCUT2D eigenvalue weighted by Crippen LogP contribution is -2.01. The molecule has 0 saturated heterocycles. The predicted octanol–water partition coefficient (Wildman–Crippen LogP) is 2.07. The van der Waals surface area contributed by atoms with Crippen LogP contribution in [-0.2, 0) is 13.5 Å². The summed E-state index contributed by atoms with van der Waals surface area (Å²) in [5.74, 6) is 0.493. The Bertz CT molecular complexity index is 534. The maximum absolute atomic E-state index is 13.7. The van der Waals surface area contributed by atoms with E-state index in [1.54, 1.807) is 18.2 Å². The molecule has 0 aliphatic rings. The van der Waals surface area contributed by atoms with E-state index in [4.69, 9.17) is 5.11 Å². The van der Waals surface area contributed by atoms with Crippen LogP contribution in [0.4, 0.5) is 4.39 Å². The molecular weight excluding hydrogens is 219 g/mol.